The molecule has 2 rings (SSSR count). The zero-order valence-corrected chi connectivity index (χ0v) is 6.41. The van der Waals surface area contributed by atoms with Gasteiger partial charge in [0, 0.05) is 0 Å². The van der Waals surface area contributed by atoms with Crippen LogP contribution in [0.2, 0.25) is 0 Å². The molecule has 0 radical (unpaired) electrons. The zero-order chi connectivity index (χ0) is 6.81. The van der Waals surface area contributed by atoms with Crippen LogP contribution in [0.15, 0.2) is 0 Å². The van der Waals surface area contributed by atoms with E-state index in [0.29, 0.717) is 0 Å². The van der Waals surface area contributed by atoms with Gasteiger partial charge in [-0.05, 0) is 19.3 Å². The maximum atomic E-state index is 4.99. The molecule has 0 aromatic heterocycles. The third-order valence-corrected chi connectivity index (χ3v) is 2.13. The molecule has 58 valence electrons. The SMILES string of the molecule is C1CC2OOPOOC2C1. The van der Waals surface area contributed by atoms with Gasteiger partial charge in [-0.15, -0.1) is 0 Å². The summed E-state index contributed by atoms with van der Waals surface area (Å²) in [5.74, 6) is 0. The predicted molar refractivity (Wildman–Crippen MR) is 34.1 cm³/mol. The molecule has 1 saturated heterocycles. The third-order valence-electron chi connectivity index (χ3n) is 1.80. The van der Waals surface area contributed by atoms with E-state index in [9.17, 15) is 0 Å². The Morgan fingerprint density at radius 3 is 2.20 bits per heavy atom. The summed E-state index contributed by atoms with van der Waals surface area (Å²) in [5, 5.41) is 0. The van der Waals surface area contributed by atoms with E-state index in [0.717, 1.165) is 19.3 Å². The summed E-state index contributed by atoms with van der Waals surface area (Å²) in [6, 6.07) is 0. The molecule has 2 atom stereocenters. The quantitative estimate of drug-likeness (QED) is 0.399. The lowest BCUT2D eigenvalue weighted by Crippen LogP contribution is -2.22. The molecule has 1 saturated carbocycles. The monoisotopic (exact) mass is 164 g/mol. The average Bonchev–Trinajstić information content (AvgIpc) is 2.28. The summed E-state index contributed by atoms with van der Waals surface area (Å²) in [4.78, 5) is 9.98. The normalized spacial score (nSPS) is 43.2. The van der Waals surface area contributed by atoms with Gasteiger partial charge < -0.3 is 0 Å². The number of hydrogen-bond acceptors (Lipinski definition) is 4. The molecular weight excluding hydrogens is 155 g/mol. The van der Waals surface area contributed by atoms with Crippen molar-refractivity contribution in [1.29, 1.82) is 0 Å². The van der Waals surface area contributed by atoms with Crippen molar-refractivity contribution in [2.75, 3.05) is 0 Å². The number of fused-ring (bicyclic) bond motifs is 1. The Bertz CT molecular complexity index is 108. The minimum atomic E-state index is -0.141. The summed E-state index contributed by atoms with van der Waals surface area (Å²) < 4.78 is 9.38. The molecule has 0 spiro atoms. The highest BCUT2D eigenvalue weighted by atomic mass is 31.1. The highest BCUT2D eigenvalue weighted by Crippen LogP contribution is 2.32. The molecule has 10 heavy (non-hydrogen) atoms. The molecule has 2 unspecified atom stereocenters. The molecular formula is C5H9O4P. The van der Waals surface area contributed by atoms with Crippen molar-refractivity contribution in [3.05, 3.63) is 0 Å². The molecule has 1 aliphatic carbocycles. The fourth-order valence-corrected chi connectivity index (χ4v) is 1.64. The van der Waals surface area contributed by atoms with Gasteiger partial charge in [0.25, 0.3) is 0 Å². The van der Waals surface area contributed by atoms with E-state index in [-0.39, 0.29) is 21.2 Å². The minimum Gasteiger partial charge on any atom is -0.225 e. The highest BCUT2D eigenvalue weighted by Gasteiger charge is 2.32. The lowest BCUT2D eigenvalue weighted by Gasteiger charge is -2.10. The fourth-order valence-electron chi connectivity index (χ4n) is 1.29. The van der Waals surface area contributed by atoms with Crippen LogP contribution in [0.3, 0.4) is 0 Å². The molecule has 5 heteroatoms. The second-order valence-electron chi connectivity index (χ2n) is 2.45. The van der Waals surface area contributed by atoms with Crippen LogP contribution >= 0.6 is 9.03 Å². The van der Waals surface area contributed by atoms with Crippen LogP contribution in [-0.2, 0) is 19.1 Å². The maximum absolute atomic E-state index is 4.99. The molecule has 1 aliphatic heterocycles. The standard InChI is InChI=1S/C5H9O4P/c1-2-4-5(3-1)7-9-10-8-6-4/h4-5,10H,1-3H2. The molecule has 4 nitrogen and oxygen atoms in total. The summed E-state index contributed by atoms with van der Waals surface area (Å²) in [6.45, 7) is 0. The smallest absolute Gasteiger partial charge is 0.225 e. The molecule has 0 N–H and O–H groups in total. The lowest BCUT2D eigenvalue weighted by molar-refractivity contribution is -0.266. The summed E-state index contributed by atoms with van der Waals surface area (Å²) in [5.41, 5.74) is 0. The Labute approximate surface area is 60.6 Å². The van der Waals surface area contributed by atoms with Gasteiger partial charge in [0.15, 0.2) is 0 Å². The molecule has 2 fully saturated rings. The number of rotatable bonds is 0. The Kier molecular flexibility index (Phi) is 2.16. The first kappa shape index (κ1) is 6.95. The van der Waals surface area contributed by atoms with E-state index in [1.807, 2.05) is 0 Å². The Hall–Kier alpha value is 0.270. The first-order chi connectivity index (χ1) is 4.97. The van der Waals surface area contributed by atoms with Gasteiger partial charge in [0.1, 0.15) is 12.2 Å². The highest BCUT2D eigenvalue weighted by molar-refractivity contribution is 7.25. The molecule has 0 aromatic rings. The Morgan fingerprint density at radius 2 is 1.60 bits per heavy atom. The number of hydrogen-bond donors (Lipinski definition) is 0. The second-order valence-corrected chi connectivity index (χ2v) is 2.95. The molecule has 0 aromatic carbocycles. The summed E-state index contributed by atoms with van der Waals surface area (Å²) >= 11 is 0. The van der Waals surface area contributed by atoms with Crippen molar-refractivity contribution in [3.8, 4) is 0 Å². The van der Waals surface area contributed by atoms with E-state index < -0.39 is 0 Å². The Balaban J connectivity index is 1.95. The van der Waals surface area contributed by atoms with Gasteiger partial charge in [0.05, 0.1) is 0 Å². The van der Waals surface area contributed by atoms with E-state index in [2.05, 4.69) is 9.35 Å². The first-order valence-electron chi connectivity index (χ1n) is 3.36. The van der Waals surface area contributed by atoms with Crippen molar-refractivity contribution in [3.63, 3.8) is 0 Å². The van der Waals surface area contributed by atoms with E-state index in [4.69, 9.17) is 9.78 Å². The van der Waals surface area contributed by atoms with E-state index in [1.165, 1.54) is 0 Å². The van der Waals surface area contributed by atoms with Crippen LogP contribution in [0.25, 0.3) is 0 Å². The van der Waals surface area contributed by atoms with Gasteiger partial charge in [0.2, 0.25) is 9.03 Å². The van der Waals surface area contributed by atoms with E-state index in [1.54, 1.807) is 0 Å². The van der Waals surface area contributed by atoms with Crippen molar-refractivity contribution < 1.29 is 19.1 Å². The van der Waals surface area contributed by atoms with Crippen LogP contribution in [0.4, 0.5) is 0 Å². The zero-order valence-electron chi connectivity index (χ0n) is 5.41. The van der Waals surface area contributed by atoms with Crippen LogP contribution in [-0.4, -0.2) is 12.2 Å². The lowest BCUT2D eigenvalue weighted by atomic mass is 10.3. The van der Waals surface area contributed by atoms with Crippen molar-refractivity contribution in [2.45, 2.75) is 31.5 Å². The first-order valence-corrected chi connectivity index (χ1v) is 4.18. The summed E-state index contributed by atoms with van der Waals surface area (Å²) in [7, 11) is -0.141. The minimum absolute atomic E-state index is 0.0926. The van der Waals surface area contributed by atoms with Gasteiger partial charge >= 0.3 is 0 Å². The van der Waals surface area contributed by atoms with Crippen LogP contribution < -0.4 is 0 Å². The van der Waals surface area contributed by atoms with Gasteiger partial charge in [-0.25, -0.2) is 9.78 Å². The Morgan fingerprint density at radius 1 is 1.00 bits per heavy atom. The van der Waals surface area contributed by atoms with Crippen LogP contribution in [0.5, 0.6) is 0 Å². The van der Waals surface area contributed by atoms with Crippen LogP contribution in [0.1, 0.15) is 19.3 Å². The second kappa shape index (κ2) is 3.11. The average molecular weight is 164 g/mol. The molecule has 0 amide bonds. The fraction of sp³-hybridized carbons (Fsp3) is 1.00. The van der Waals surface area contributed by atoms with Gasteiger partial charge in [-0.1, -0.05) is 0 Å². The van der Waals surface area contributed by atoms with Crippen molar-refractivity contribution in [2.24, 2.45) is 0 Å². The molecule has 2 aliphatic rings. The van der Waals surface area contributed by atoms with Gasteiger partial charge in [-0.3, -0.25) is 0 Å². The predicted octanol–water partition coefficient (Wildman–Crippen LogP) is 1.33. The summed E-state index contributed by atoms with van der Waals surface area (Å²) in [6.07, 6.45) is 3.34. The van der Waals surface area contributed by atoms with Crippen molar-refractivity contribution in [1.82, 2.24) is 0 Å². The topological polar surface area (TPSA) is 36.9 Å². The van der Waals surface area contributed by atoms with Crippen LogP contribution in [0, 0.1) is 0 Å². The van der Waals surface area contributed by atoms with Gasteiger partial charge in [-0.2, -0.15) is 9.35 Å². The molecule has 0 bridgehead atoms. The van der Waals surface area contributed by atoms with E-state index >= 15 is 0 Å². The third kappa shape index (κ3) is 1.31. The largest absolute Gasteiger partial charge is 0.231 e. The molecule has 1 heterocycles. The maximum Gasteiger partial charge on any atom is 0.231 e. The van der Waals surface area contributed by atoms with Crippen molar-refractivity contribution >= 4 is 9.03 Å².